The van der Waals surface area contributed by atoms with Gasteiger partial charge in [0.2, 0.25) is 0 Å². The molecule has 1 aliphatic heterocycles. The minimum atomic E-state index is -0.787. The summed E-state index contributed by atoms with van der Waals surface area (Å²) in [7, 11) is 1.39. The molecule has 0 bridgehead atoms. The minimum Gasteiger partial charge on any atom is -0.493 e. The fourth-order valence-electron chi connectivity index (χ4n) is 5.80. The number of carbonyl (C=O) groups excluding carboxylic acids is 1. The Bertz CT molecular complexity index is 1400. The molecule has 0 saturated carbocycles. The number of esters is 1. The molecule has 0 fully saturated rings. The van der Waals surface area contributed by atoms with E-state index in [2.05, 4.69) is 0 Å². The molecule has 40 heavy (non-hydrogen) atoms. The normalized spacial score (nSPS) is 17.7. The first-order valence-electron chi connectivity index (χ1n) is 13.8. The largest absolute Gasteiger partial charge is 0.493 e. The number of aryl methyl sites for hydroxylation is 2. The zero-order valence-electron chi connectivity index (χ0n) is 23.8. The van der Waals surface area contributed by atoms with Crippen LogP contribution in [-0.2, 0) is 16.0 Å². The smallest absolute Gasteiger partial charge is 0.306 e. The Labute approximate surface area is 235 Å². The molecule has 1 heterocycles. The fraction of sp³-hybridized carbons (Fsp3) is 0.424. The number of rotatable bonds is 9. The fourth-order valence-corrected chi connectivity index (χ4v) is 5.80. The van der Waals surface area contributed by atoms with E-state index in [0.717, 1.165) is 57.5 Å². The van der Waals surface area contributed by atoms with Crippen molar-refractivity contribution in [3.8, 4) is 28.4 Å². The minimum absolute atomic E-state index is 0.0369. The molecule has 2 aliphatic rings. The first-order chi connectivity index (χ1) is 19.0. The van der Waals surface area contributed by atoms with Gasteiger partial charge in [0, 0.05) is 24.0 Å². The van der Waals surface area contributed by atoms with E-state index < -0.39 is 5.60 Å². The summed E-state index contributed by atoms with van der Waals surface area (Å²) in [6.45, 7) is 8.40. The van der Waals surface area contributed by atoms with Crippen molar-refractivity contribution in [2.75, 3.05) is 20.3 Å². The van der Waals surface area contributed by atoms with E-state index in [4.69, 9.17) is 18.9 Å². The SMILES string of the molecule is COC(=O)C[C@@H]1COc2cc(O[C@@H]3CCc4c(-c5c(C)cc(OCCC(C)(C)O)cc5C)cc(F)cc43)ccc21. The third-order valence-corrected chi connectivity index (χ3v) is 7.79. The molecule has 3 aromatic rings. The summed E-state index contributed by atoms with van der Waals surface area (Å²) in [5, 5.41) is 9.97. The molecule has 0 saturated heterocycles. The number of benzene rings is 3. The Balaban J connectivity index is 1.37. The monoisotopic (exact) mass is 548 g/mol. The Morgan fingerprint density at radius 1 is 1.07 bits per heavy atom. The Hall–Kier alpha value is -3.58. The second-order valence-electron chi connectivity index (χ2n) is 11.5. The lowest BCUT2D eigenvalue weighted by molar-refractivity contribution is -0.141. The molecule has 212 valence electrons. The van der Waals surface area contributed by atoms with Gasteiger partial charge in [0.1, 0.15) is 29.2 Å². The lowest BCUT2D eigenvalue weighted by atomic mass is 9.90. The first-order valence-corrected chi connectivity index (χ1v) is 13.8. The maximum absolute atomic E-state index is 15.0. The van der Waals surface area contributed by atoms with Crippen molar-refractivity contribution in [3.05, 3.63) is 76.1 Å². The number of carbonyl (C=O) groups is 1. The van der Waals surface area contributed by atoms with E-state index in [1.807, 2.05) is 44.2 Å². The summed E-state index contributed by atoms with van der Waals surface area (Å²) in [6, 6.07) is 12.9. The van der Waals surface area contributed by atoms with E-state index >= 15 is 4.39 Å². The number of aliphatic hydroxyl groups is 1. The second-order valence-corrected chi connectivity index (χ2v) is 11.5. The van der Waals surface area contributed by atoms with Gasteiger partial charge >= 0.3 is 5.97 Å². The van der Waals surface area contributed by atoms with Crippen LogP contribution in [0, 0.1) is 19.7 Å². The van der Waals surface area contributed by atoms with Crippen molar-refractivity contribution in [2.24, 2.45) is 0 Å². The highest BCUT2D eigenvalue weighted by Crippen LogP contribution is 2.44. The topological polar surface area (TPSA) is 74.2 Å². The molecule has 0 aromatic heterocycles. The van der Waals surface area contributed by atoms with Gasteiger partial charge in [-0.1, -0.05) is 6.07 Å². The standard InChI is InChI=1S/C33H37FO6/c1-19-12-24(38-11-10-33(3,4)36)13-20(2)32(19)28-16-22(34)15-27-26(28)8-9-29(27)40-23-6-7-25-21(14-31(35)37-5)18-39-30(25)17-23/h6-7,12-13,15-17,21,29,36H,8-11,14,18H2,1-5H3/t21-,29-/m1/s1. The number of methoxy groups -OCH3 is 1. The lowest BCUT2D eigenvalue weighted by Gasteiger charge is -2.20. The summed E-state index contributed by atoms with van der Waals surface area (Å²) in [5.74, 6) is 1.51. The highest BCUT2D eigenvalue weighted by Gasteiger charge is 2.31. The lowest BCUT2D eigenvalue weighted by Crippen LogP contribution is -2.21. The van der Waals surface area contributed by atoms with Crippen molar-refractivity contribution in [2.45, 2.75) is 71.0 Å². The van der Waals surface area contributed by atoms with E-state index in [1.165, 1.54) is 7.11 Å². The Kier molecular flexibility index (Phi) is 7.78. The van der Waals surface area contributed by atoms with Crippen LogP contribution in [0.4, 0.5) is 4.39 Å². The highest BCUT2D eigenvalue weighted by atomic mass is 19.1. The first kappa shape index (κ1) is 28.0. The third kappa shape index (κ3) is 5.94. The van der Waals surface area contributed by atoms with Crippen LogP contribution in [0.1, 0.15) is 72.9 Å². The van der Waals surface area contributed by atoms with Crippen molar-refractivity contribution in [1.82, 2.24) is 0 Å². The van der Waals surface area contributed by atoms with E-state index in [-0.39, 0.29) is 30.2 Å². The predicted octanol–water partition coefficient (Wildman–Crippen LogP) is 6.75. The number of hydrogen-bond acceptors (Lipinski definition) is 6. The third-order valence-electron chi connectivity index (χ3n) is 7.79. The van der Waals surface area contributed by atoms with E-state index in [9.17, 15) is 9.90 Å². The van der Waals surface area contributed by atoms with Crippen LogP contribution in [0.2, 0.25) is 0 Å². The van der Waals surface area contributed by atoms with Gasteiger partial charge in [-0.25, -0.2) is 4.39 Å². The number of fused-ring (bicyclic) bond motifs is 2. The van der Waals surface area contributed by atoms with Crippen LogP contribution in [0.3, 0.4) is 0 Å². The van der Waals surface area contributed by atoms with E-state index in [1.54, 1.807) is 26.0 Å². The molecule has 2 atom stereocenters. The summed E-state index contributed by atoms with van der Waals surface area (Å²) in [4.78, 5) is 11.7. The highest BCUT2D eigenvalue weighted by molar-refractivity contribution is 5.76. The van der Waals surface area contributed by atoms with Crippen LogP contribution in [0.5, 0.6) is 17.2 Å². The molecule has 1 N–H and O–H groups in total. The zero-order chi connectivity index (χ0) is 28.6. The Morgan fingerprint density at radius 3 is 2.52 bits per heavy atom. The number of halogens is 1. The van der Waals surface area contributed by atoms with Crippen molar-refractivity contribution < 1.29 is 33.2 Å². The van der Waals surface area contributed by atoms with Gasteiger partial charge < -0.3 is 24.1 Å². The molecule has 1 aliphatic carbocycles. The van der Waals surface area contributed by atoms with Gasteiger partial charge in [-0.05, 0) is 104 Å². The number of ether oxygens (including phenoxy) is 4. The van der Waals surface area contributed by atoms with Crippen LogP contribution < -0.4 is 14.2 Å². The van der Waals surface area contributed by atoms with Crippen molar-refractivity contribution in [3.63, 3.8) is 0 Å². The van der Waals surface area contributed by atoms with Crippen LogP contribution in [0.15, 0.2) is 42.5 Å². The van der Waals surface area contributed by atoms with Gasteiger partial charge in [-0.3, -0.25) is 4.79 Å². The molecule has 0 amide bonds. The maximum atomic E-state index is 15.0. The molecule has 5 rings (SSSR count). The van der Waals surface area contributed by atoms with Crippen molar-refractivity contribution >= 4 is 5.97 Å². The average molecular weight is 549 g/mol. The Morgan fingerprint density at radius 2 is 1.82 bits per heavy atom. The molecule has 3 aromatic carbocycles. The van der Waals surface area contributed by atoms with Crippen LogP contribution in [-0.4, -0.2) is 37.0 Å². The van der Waals surface area contributed by atoms with Crippen molar-refractivity contribution in [1.29, 1.82) is 0 Å². The summed E-state index contributed by atoms with van der Waals surface area (Å²) < 4.78 is 38.0. The van der Waals surface area contributed by atoms with Crippen LogP contribution in [0.25, 0.3) is 11.1 Å². The maximum Gasteiger partial charge on any atom is 0.306 e. The quantitative estimate of drug-likeness (QED) is 0.298. The summed E-state index contributed by atoms with van der Waals surface area (Å²) >= 11 is 0. The average Bonchev–Trinajstić information content (AvgIpc) is 3.46. The predicted molar refractivity (Wildman–Crippen MR) is 151 cm³/mol. The molecular formula is C33H37FO6. The van der Waals surface area contributed by atoms with E-state index in [0.29, 0.717) is 31.1 Å². The van der Waals surface area contributed by atoms with Gasteiger partial charge in [0.25, 0.3) is 0 Å². The molecule has 0 spiro atoms. The van der Waals surface area contributed by atoms with Crippen LogP contribution >= 0.6 is 0 Å². The molecular weight excluding hydrogens is 511 g/mol. The molecule has 0 unspecified atom stereocenters. The summed E-state index contributed by atoms with van der Waals surface area (Å²) in [6.07, 6.45) is 2.04. The molecule has 0 radical (unpaired) electrons. The molecule has 6 nitrogen and oxygen atoms in total. The van der Waals surface area contributed by atoms with Gasteiger partial charge in [-0.15, -0.1) is 0 Å². The van der Waals surface area contributed by atoms with Gasteiger partial charge in [-0.2, -0.15) is 0 Å². The second kappa shape index (κ2) is 11.1. The van der Waals surface area contributed by atoms with Gasteiger partial charge in [0.15, 0.2) is 0 Å². The number of hydrogen-bond donors (Lipinski definition) is 1. The summed E-state index contributed by atoms with van der Waals surface area (Å²) in [5.41, 5.74) is 6.06. The molecule has 7 heteroatoms. The van der Waals surface area contributed by atoms with Gasteiger partial charge in [0.05, 0.1) is 32.3 Å². The zero-order valence-corrected chi connectivity index (χ0v) is 23.8.